The van der Waals surface area contributed by atoms with Crippen LogP contribution in [0.2, 0.25) is 0 Å². The van der Waals surface area contributed by atoms with E-state index < -0.39 is 0 Å². The molecule has 0 aliphatic rings. The third kappa shape index (κ3) is 3.67. The highest BCUT2D eigenvalue weighted by molar-refractivity contribution is 4.79. The zero-order valence-corrected chi connectivity index (χ0v) is 7.35. The highest BCUT2D eigenvalue weighted by atomic mass is 14.9. The van der Waals surface area contributed by atoms with Crippen LogP contribution in [-0.4, -0.2) is 12.6 Å². The summed E-state index contributed by atoms with van der Waals surface area (Å²) in [5.74, 6) is 0.706. The summed E-state index contributed by atoms with van der Waals surface area (Å²) >= 11 is 0. The molecule has 0 rings (SSSR count). The van der Waals surface area contributed by atoms with Crippen molar-refractivity contribution in [3.05, 3.63) is 12.7 Å². The number of rotatable bonds is 5. The number of hydrogen-bond acceptors (Lipinski definition) is 1. The summed E-state index contributed by atoms with van der Waals surface area (Å²) < 4.78 is 0. The van der Waals surface area contributed by atoms with Crippen molar-refractivity contribution >= 4 is 0 Å². The smallest absolute Gasteiger partial charge is 0.0124 e. The standard InChI is InChI=1S/C9H19N/c1-5-7-9(8(3)4)10-6-2/h5,8-10H,1,6-7H2,2-4H3. The SMILES string of the molecule is C=CCC(NCC)C(C)C. The van der Waals surface area contributed by atoms with E-state index in [0.717, 1.165) is 13.0 Å². The third-order valence-electron chi connectivity index (χ3n) is 1.69. The lowest BCUT2D eigenvalue weighted by Crippen LogP contribution is -2.32. The van der Waals surface area contributed by atoms with Gasteiger partial charge >= 0.3 is 0 Å². The highest BCUT2D eigenvalue weighted by Gasteiger charge is 2.08. The zero-order valence-electron chi connectivity index (χ0n) is 7.35. The molecule has 0 radical (unpaired) electrons. The molecular weight excluding hydrogens is 122 g/mol. The maximum Gasteiger partial charge on any atom is 0.0124 e. The minimum absolute atomic E-state index is 0.613. The fourth-order valence-corrected chi connectivity index (χ4v) is 1.03. The Morgan fingerprint density at radius 1 is 1.50 bits per heavy atom. The predicted octanol–water partition coefficient (Wildman–Crippen LogP) is 2.20. The van der Waals surface area contributed by atoms with E-state index in [0.29, 0.717) is 12.0 Å². The van der Waals surface area contributed by atoms with E-state index in [4.69, 9.17) is 0 Å². The van der Waals surface area contributed by atoms with Gasteiger partial charge in [-0.2, -0.15) is 0 Å². The maximum absolute atomic E-state index is 3.73. The molecule has 10 heavy (non-hydrogen) atoms. The summed E-state index contributed by atoms with van der Waals surface area (Å²) in [7, 11) is 0. The van der Waals surface area contributed by atoms with Crippen LogP contribution in [0.25, 0.3) is 0 Å². The van der Waals surface area contributed by atoms with E-state index in [1.165, 1.54) is 0 Å². The van der Waals surface area contributed by atoms with E-state index >= 15 is 0 Å². The van der Waals surface area contributed by atoms with Gasteiger partial charge in [-0.15, -0.1) is 6.58 Å². The van der Waals surface area contributed by atoms with Crippen LogP contribution in [-0.2, 0) is 0 Å². The monoisotopic (exact) mass is 141 g/mol. The predicted molar refractivity (Wildman–Crippen MR) is 47.1 cm³/mol. The lowest BCUT2D eigenvalue weighted by Gasteiger charge is -2.19. The van der Waals surface area contributed by atoms with Crippen molar-refractivity contribution in [1.29, 1.82) is 0 Å². The first-order chi connectivity index (χ1) is 4.72. The zero-order chi connectivity index (χ0) is 7.98. The fraction of sp³-hybridized carbons (Fsp3) is 0.778. The Hall–Kier alpha value is -0.300. The lowest BCUT2D eigenvalue weighted by molar-refractivity contribution is 0.411. The van der Waals surface area contributed by atoms with Gasteiger partial charge in [0.15, 0.2) is 0 Å². The molecule has 0 aromatic carbocycles. The van der Waals surface area contributed by atoms with Crippen LogP contribution in [0.5, 0.6) is 0 Å². The van der Waals surface area contributed by atoms with E-state index in [9.17, 15) is 0 Å². The molecule has 0 fully saturated rings. The van der Waals surface area contributed by atoms with E-state index in [2.05, 4.69) is 32.7 Å². The second kappa shape index (κ2) is 5.48. The molecular formula is C9H19N. The third-order valence-corrected chi connectivity index (χ3v) is 1.69. The van der Waals surface area contributed by atoms with E-state index in [-0.39, 0.29) is 0 Å². The minimum atomic E-state index is 0.613. The van der Waals surface area contributed by atoms with Crippen LogP contribution in [0.4, 0.5) is 0 Å². The van der Waals surface area contributed by atoms with Crippen molar-refractivity contribution in [1.82, 2.24) is 5.32 Å². The summed E-state index contributed by atoms with van der Waals surface area (Å²) in [6, 6.07) is 0.613. The van der Waals surface area contributed by atoms with Crippen molar-refractivity contribution in [3.8, 4) is 0 Å². The molecule has 0 aliphatic carbocycles. The van der Waals surface area contributed by atoms with Crippen LogP contribution >= 0.6 is 0 Å². The second-order valence-electron chi connectivity index (χ2n) is 2.93. The molecule has 0 aliphatic heterocycles. The topological polar surface area (TPSA) is 12.0 Å². The number of hydrogen-bond donors (Lipinski definition) is 1. The average molecular weight is 141 g/mol. The van der Waals surface area contributed by atoms with Gasteiger partial charge in [0, 0.05) is 6.04 Å². The van der Waals surface area contributed by atoms with Crippen molar-refractivity contribution in [2.24, 2.45) is 5.92 Å². The molecule has 0 spiro atoms. The minimum Gasteiger partial charge on any atom is -0.314 e. The molecule has 0 saturated carbocycles. The van der Waals surface area contributed by atoms with Crippen LogP contribution in [0.15, 0.2) is 12.7 Å². The molecule has 0 saturated heterocycles. The maximum atomic E-state index is 3.73. The first-order valence-corrected chi connectivity index (χ1v) is 4.06. The Labute approximate surface area is 64.5 Å². The molecule has 0 bridgehead atoms. The summed E-state index contributed by atoms with van der Waals surface area (Å²) in [6.45, 7) is 11.4. The molecule has 0 heterocycles. The van der Waals surface area contributed by atoms with Gasteiger partial charge in [-0.3, -0.25) is 0 Å². The van der Waals surface area contributed by atoms with Crippen molar-refractivity contribution in [2.75, 3.05) is 6.54 Å². The number of nitrogens with one attached hydrogen (secondary N) is 1. The normalized spacial score (nSPS) is 13.6. The molecule has 0 aromatic heterocycles. The Balaban J connectivity index is 3.60. The first kappa shape index (κ1) is 9.70. The summed E-state index contributed by atoms with van der Waals surface area (Å²) in [5.41, 5.74) is 0. The Morgan fingerprint density at radius 3 is 2.40 bits per heavy atom. The summed E-state index contributed by atoms with van der Waals surface area (Å²) in [6.07, 6.45) is 3.05. The van der Waals surface area contributed by atoms with Gasteiger partial charge in [0.1, 0.15) is 0 Å². The molecule has 1 N–H and O–H groups in total. The first-order valence-electron chi connectivity index (χ1n) is 4.06. The van der Waals surface area contributed by atoms with Gasteiger partial charge in [-0.1, -0.05) is 26.8 Å². The molecule has 1 atom stereocenters. The van der Waals surface area contributed by atoms with Gasteiger partial charge in [0.25, 0.3) is 0 Å². The van der Waals surface area contributed by atoms with Crippen molar-refractivity contribution in [2.45, 2.75) is 33.2 Å². The van der Waals surface area contributed by atoms with Gasteiger partial charge in [0.2, 0.25) is 0 Å². The van der Waals surface area contributed by atoms with E-state index in [1.807, 2.05) is 6.08 Å². The van der Waals surface area contributed by atoms with Crippen LogP contribution in [0.3, 0.4) is 0 Å². The average Bonchev–Trinajstić information content (AvgIpc) is 1.87. The van der Waals surface area contributed by atoms with Gasteiger partial charge in [-0.25, -0.2) is 0 Å². The van der Waals surface area contributed by atoms with Gasteiger partial charge in [-0.05, 0) is 18.9 Å². The quantitative estimate of drug-likeness (QED) is 0.579. The van der Waals surface area contributed by atoms with Crippen LogP contribution in [0, 0.1) is 5.92 Å². The molecule has 0 aromatic rings. The largest absolute Gasteiger partial charge is 0.314 e. The second-order valence-corrected chi connectivity index (χ2v) is 2.93. The molecule has 1 nitrogen and oxygen atoms in total. The van der Waals surface area contributed by atoms with Crippen molar-refractivity contribution in [3.63, 3.8) is 0 Å². The van der Waals surface area contributed by atoms with Gasteiger partial charge in [0.05, 0.1) is 0 Å². The Bertz CT molecular complexity index is 86.7. The van der Waals surface area contributed by atoms with Crippen LogP contribution < -0.4 is 5.32 Å². The fourth-order valence-electron chi connectivity index (χ4n) is 1.03. The lowest BCUT2D eigenvalue weighted by atomic mass is 10.0. The van der Waals surface area contributed by atoms with Crippen molar-refractivity contribution < 1.29 is 0 Å². The Kier molecular flexibility index (Phi) is 5.32. The van der Waals surface area contributed by atoms with E-state index in [1.54, 1.807) is 0 Å². The van der Waals surface area contributed by atoms with Crippen LogP contribution in [0.1, 0.15) is 27.2 Å². The summed E-state index contributed by atoms with van der Waals surface area (Å²) in [4.78, 5) is 0. The Morgan fingerprint density at radius 2 is 2.10 bits per heavy atom. The molecule has 1 heteroatoms. The highest BCUT2D eigenvalue weighted by Crippen LogP contribution is 2.05. The molecule has 0 amide bonds. The van der Waals surface area contributed by atoms with Gasteiger partial charge < -0.3 is 5.32 Å². The molecule has 1 unspecified atom stereocenters. The summed E-state index contributed by atoms with van der Waals surface area (Å²) in [5, 5.41) is 3.41. The molecule has 60 valence electrons.